The van der Waals surface area contributed by atoms with Crippen LogP contribution in [0.5, 0.6) is 0 Å². The SMILES string of the molecule is CCCC(N)C(=O)NCc1ccc(N2CCCC2)nc1. The van der Waals surface area contributed by atoms with Crippen LogP contribution in [0.15, 0.2) is 18.3 Å². The van der Waals surface area contributed by atoms with Gasteiger partial charge >= 0.3 is 0 Å². The molecule has 1 unspecified atom stereocenters. The molecule has 0 bridgehead atoms. The van der Waals surface area contributed by atoms with Crippen LogP contribution in [0.25, 0.3) is 0 Å². The summed E-state index contributed by atoms with van der Waals surface area (Å²) in [5.41, 5.74) is 6.77. The van der Waals surface area contributed by atoms with Crippen LogP contribution in [0.1, 0.15) is 38.2 Å². The Hall–Kier alpha value is -1.62. The number of nitrogens with zero attached hydrogens (tertiary/aromatic N) is 2. The quantitative estimate of drug-likeness (QED) is 0.824. The smallest absolute Gasteiger partial charge is 0.237 e. The molecule has 2 rings (SSSR count). The highest BCUT2D eigenvalue weighted by atomic mass is 16.2. The van der Waals surface area contributed by atoms with Gasteiger partial charge in [-0.25, -0.2) is 4.98 Å². The highest BCUT2D eigenvalue weighted by Crippen LogP contribution is 2.17. The van der Waals surface area contributed by atoms with E-state index in [9.17, 15) is 4.79 Å². The summed E-state index contributed by atoms with van der Waals surface area (Å²) in [6.07, 6.45) is 5.96. The van der Waals surface area contributed by atoms with E-state index in [-0.39, 0.29) is 5.91 Å². The highest BCUT2D eigenvalue weighted by Gasteiger charge is 2.14. The molecule has 1 aromatic rings. The molecule has 1 aliphatic heterocycles. The third-order valence-electron chi connectivity index (χ3n) is 3.64. The third kappa shape index (κ3) is 3.93. The van der Waals surface area contributed by atoms with Gasteiger partial charge in [-0.15, -0.1) is 0 Å². The first-order valence-electron chi connectivity index (χ1n) is 7.44. The molecule has 5 heteroatoms. The maximum atomic E-state index is 11.7. The number of hydrogen-bond acceptors (Lipinski definition) is 4. The van der Waals surface area contributed by atoms with Gasteiger partial charge in [0.25, 0.3) is 0 Å². The summed E-state index contributed by atoms with van der Waals surface area (Å²) in [5, 5.41) is 2.85. The van der Waals surface area contributed by atoms with Gasteiger partial charge in [-0.05, 0) is 30.9 Å². The molecule has 5 nitrogen and oxygen atoms in total. The standard InChI is InChI=1S/C15H24N4O/c1-2-5-13(16)15(20)18-11-12-6-7-14(17-10-12)19-8-3-4-9-19/h6-7,10,13H,2-5,8-9,11,16H2,1H3,(H,18,20). The van der Waals surface area contributed by atoms with Crippen LogP contribution < -0.4 is 16.0 Å². The van der Waals surface area contributed by atoms with Gasteiger partial charge in [0.05, 0.1) is 6.04 Å². The molecule has 0 saturated carbocycles. The summed E-state index contributed by atoms with van der Waals surface area (Å²) in [7, 11) is 0. The van der Waals surface area contributed by atoms with Gasteiger partial charge in [0.1, 0.15) is 5.82 Å². The fourth-order valence-electron chi connectivity index (χ4n) is 2.42. The number of carbonyl (C=O) groups is 1. The Balaban J connectivity index is 1.83. The largest absolute Gasteiger partial charge is 0.357 e. The zero-order valence-electron chi connectivity index (χ0n) is 12.1. The van der Waals surface area contributed by atoms with Crippen LogP contribution in [0.3, 0.4) is 0 Å². The maximum absolute atomic E-state index is 11.7. The van der Waals surface area contributed by atoms with Crippen molar-refractivity contribution in [2.45, 2.75) is 45.2 Å². The zero-order chi connectivity index (χ0) is 14.4. The van der Waals surface area contributed by atoms with Gasteiger partial charge in [0.2, 0.25) is 5.91 Å². The van der Waals surface area contributed by atoms with Crippen molar-refractivity contribution >= 4 is 11.7 Å². The molecule has 1 aliphatic rings. The molecule has 1 atom stereocenters. The average molecular weight is 276 g/mol. The summed E-state index contributed by atoms with van der Waals surface area (Å²) in [4.78, 5) is 18.5. The van der Waals surface area contributed by atoms with Crippen LogP contribution in [0.2, 0.25) is 0 Å². The predicted molar refractivity (Wildman–Crippen MR) is 80.4 cm³/mol. The Bertz CT molecular complexity index is 426. The second-order valence-electron chi connectivity index (χ2n) is 5.33. The van der Waals surface area contributed by atoms with Gasteiger partial charge in [-0.3, -0.25) is 4.79 Å². The number of amides is 1. The first kappa shape index (κ1) is 14.8. The number of aromatic nitrogens is 1. The van der Waals surface area contributed by atoms with E-state index in [1.54, 1.807) is 0 Å². The van der Waals surface area contributed by atoms with Crippen LogP contribution >= 0.6 is 0 Å². The molecule has 0 aliphatic carbocycles. The summed E-state index contributed by atoms with van der Waals surface area (Å²) < 4.78 is 0. The van der Waals surface area contributed by atoms with E-state index in [4.69, 9.17) is 5.73 Å². The van der Waals surface area contributed by atoms with Crippen molar-refractivity contribution in [3.63, 3.8) is 0 Å². The number of hydrogen-bond donors (Lipinski definition) is 2. The van der Waals surface area contributed by atoms with Crippen molar-refractivity contribution in [1.82, 2.24) is 10.3 Å². The summed E-state index contributed by atoms with van der Waals surface area (Å²) >= 11 is 0. The Morgan fingerprint density at radius 3 is 2.80 bits per heavy atom. The second kappa shape index (κ2) is 7.24. The minimum atomic E-state index is -0.406. The molecule has 0 aromatic carbocycles. The van der Waals surface area contributed by atoms with Crippen LogP contribution in [0, 0.1) is 0 Å². The molecule has 20 heavy (non-hydrogen) atoms. The van der Waals surface area contributed by atoms with Crippen molar-refractivity contribution in [3.05, 3.63) is 23.9 Å². The number of carbonyl (C=O) groups excluding carboxylic acids is 1. The molecular formula is C15H24N4O. The van der Waals surface area contributed by atoms with Crippen molar-refractivity contribution in [2.24, 2.45) is 5.73 Å². The van der Waals surface area contributed by atoms with Gasteiger partial charge in [0, 0.05) is 25.8 Å². The Labute approximate surface area is 120 Å². The van der Waals surface area contributed by atoms with Gasteiger partial charge in [-0.1, -0.05) is 19.4 Å². The molecule has 0 spiro atoms. The number of rotatable bonds is 6. The number of anilines is 1. The van der Waals surface area contributed by atoms with E-state index in [1.165, 1.54) is 12.8 Å². The predicted octanol–water partition coefficient (Wildman–Crippen LogP) is 1.43. The maximum Gasteiger partial charge on any atom is 0.237 e. The van der Waals surface area contributed by atoms with Gasteiger partial charge in [0.15, 0.2) is 0 Å². The van der Waals surface area contributed by atoms with E-state index < -0.39 is 6.04 Å². The van der Waals surface area contributed by atoms with Gasteiger partial charge < -0.3 is 16.0 Å². The van der Waals surface area contributed by atoms with E-state index >= 15 is 0 Å². The monoisotopic (exact) mass is 276 g/mol. The molecule has 1 fully saturated rings. The molecule has 0 radical (unpaired) electrons. The lowest BCUT2D eigenvalue weighted by Gasteiger charge is -2.16. The van der Waals surface area contributed by atoms with Crippen molar-refractivity contribution < 1.29 is 4.79 Å². The Kier molecular flexibility index (Phi) is 5.35. The highest BCUT2D eigenvalue weighted by molar-refractivity contribution is 5.81. The molecule has 1 saturated heterocycles. The van der Waals surface area contributed by atoms with E-state index in [2.05, 4.69) is 15.2 Å². The number of nitrogens with one attached hydrogen (secondary N) is 1. The van der Waals surface area contributed by atoms with E-state index in [1.807, 2.05) is 25.3 Å². The van der Waals surface area contributed by atoms with Gasteiger partial charge in [-0.2, -0.15) is 0 Å². The van der Waals surface area contributed by atoms with E-state index in [0.717, 1.165) is 37.3 Å². The number of nitrogens with two attached hydrogens (primary N) is 1. The minimum absolute atomic E-state index is 0.0875. The lowest BCUT2D eigenvalue weighted by Crippen LogP contribution is -2.40. The lowest BCUT2D eigenvalue weighted by atomic mass is 10.1. The lowest BCUT2D eigenvalue weighted by molar-refractivity contribution is -0.122. The normalized spacial score (nSPS) is 16.2. The van der Waals surface area contributed by atoms with Crippen molar-refractivity contribution in [3.8, 4) is 0 Å². The minimum Gasteiger partial charge on any atom is -0.357 e. The number of pyridine rings is 1. The third-order valence-corrected chi connectivity index (χ3v) is 3.64. The second-order valence-corrected chi connectivity index (χ2v) is 5.33. The van der Waals surface area contributed by atoms with Crippen LogP contribution in [-0.2, 0) is 11.3 Å². The molecule has 3 N–H and O–H groups in total. The molecular weight excluding hydrogens is 252 g/mol. The Morgan fingerprint density at radius 2 is 2.20 bits per heavy atom. The molecule has 1 amide bonds. The summed E-state index contributed by atoms with van der Waals surface area (Å²) in [6, 6.07) is 3.64. The first-order chi connectivity index (χ1) is 9.70. The van der Waals surface area contributed by atoms with Crippen LogP contribution in [0.4, 0.5) is 5.82 Å². The first-order valence-corrected chi connectivity index (χ1v) is 7.44. The Morgan fingerprint density at radius 1 is 1.45 bits per heavy atom. The topological polar surface area (TPSA) is 71.2 Å². The molecule has 2 heterocycles. The zero-order valence-corrected chi connectivity index (χ0v) is 12.1. The summed E-state index contributed by atoms with van der Waals surface area (Å²) in [5.74, 6) is 0.940. The van der Waals surface area contributed by atoms with Crippen molar-refractivity contribution in [1.29, 1.82) is 0 Å². The fraction of sp³-hybridized carbons (Fsp3) is 0.600. The van der Waals surface area contributed by atoms with Crippen molar-refractivity contribution in [2.75, 3.05) is 18.0 Å². The average Bonchev–Trinajstić information content (AvgIpc) is 2.99. The fourth-order valence-corrected chi connectivity index (χ4v) is 2.42. The molecule has 1 aromatic heterocycles. The molecule has 110 valence electrons. The van der Waals surface area contributed by atoms with Crippen LogP contribution in [-0.4, -0.2) is 30.0 Å². The van der Waals surface area contributed by atoms with E-state index in [0.29, 0.717) is 6.54 Å². The summed E-state index contributed by atoms with van der Waals surface area (Å²) in [6.45, 7) is 4.70.